The molecule has 4 N–H and O–H groups in total. The molecule has 1 aliphatic heterocycles. The van der Waals surface area contributed by atoms with Gasteiger partial charge in [0.15, 0.2) is 12.4 Å². The molecule has 0 spiro atoms. The highest BCUT2D eigenvalue weighted by Gasteiger charge is 2.46. The number of carbonyl (C=O) groups excluding carboxylic acids is 2. The molecule has 1 fully saturated rings. The molecule has 2 unspecified atom stereocenters. The maximum Gasteiger partial charge on any atom is 0.306 e. The zero-order valence-corrected chi connectivity index (χ0v) is 35.5. The van der Waals surface area contributed by atoms with Crippen LogP contribution in [0, 0.1) is 0 Å². The minimum Gasteiger partial charge on any atom is -0.462 e. The van der Waals surface area contributed by atoms with Gasteiger partial charge in [0.05, 0.1) is 6.61 Å². The third-order valence-corrected chi connectivity index (χ3v) is 10.1. The number of rotatable bonds is 34. The van der Waals surface area contributed by atoms with Crippen LogP contribution in [0.1, 0.15) is 149 Å². The average Bonchev–Trinajstić information content (AvgIpc) is 3.17. The van der Waals surface area contributed by atoms with E-state index < -0.39 is 71.2 Å². The summed E-state index contributed by atoms with van der Waals surface area (Å²) in [6.45, 7) is 3.63. The lowest BCUT2D eigenvalue weighted by Crippen LogP contribution is -2.60. The van der Waals surface area contributed by atoms with Crippen LogP contribution in [-0.2, 0) is 38.7 Å². The fourth-order valence-corrected chi connectivity index (χ4v) is 6.70. The summed E-state index contributed by atoms with van der Waals surface area (Å²) in [4.78, 5) is 25.3. The van der Waals surface area contributed by atoms with Gasteiger partial charge in [-0.05, 0) is 51.4 Å². The van der Waals surface area contributed by atoms with Gasteiger partial charge in [-0.2, -0.15) is 8.42 Å². The summed E-state index contributed by atoms with van der Waals surface area (Å²) in [5.41, 5.74) is 0. The van der Waals surface area contributed by atoms with Crippen LogP contribution >= 0.6 is 0 Å². The van der Waals surface area contributed by atoms with E-state index in [1.165, 1.54) is 57.8 Å². The predicted molar refractivity (Wildman–Crippen MR) is 224 cm³/mol. The van der Waals surface area contributed by atoms with E-state index in [1.54, 1.807) is 0 Å². The van der Waals surface area contributed by atoms with Crippen molar-refractivity contribution in [3.05, 3.63) is 60.8 Å². The van der Waals surface area contributed by atoms with E-state index in [0.717, 1.165) is 51.4 Å². The molecule has 1 saturated heterocycles. The van der Waals surface area contributed by atoms with Gasteiger partial charge < -0.3 is 34.3 Å². The average molecular weight is 827 g/mol. The summed E-state index contributed by atoms with van der Waals surface area (Å²) in [5, 5.41) is 30.8. The minimum absolute atomic E-state index is 0.0943. The van der Waals surface area contributed by atoms with E-state index in [9.17, 15) is 37.9 Å². The Balaban J connectivity index is 2.51. The van der Waals surface area contributed by atoms with Crippen molar-refractivity contribution in [1.29, 1.82) is 0 Å². The first kappa shape index (κ1) is 52.4. The SMILES string of the molecule is CCCCC/C=C/C/C=C/C/C=C/C/C=C/C/C=C/CCC(=O)OC[C@H](CO[C@H]1O[C@H](CS(=O)(=O)O)[C@@H](O)C(O)C1O)OC(=O)CCCCCCCCCCCC. The summed E-state index contributed by atoms with van der Waals surface area (Å²) in [5.74, 6) is -2.09. The normalized spacial score (nSPS) is 21.1. The molecule has 12 nitrogen and oxygen atoms in total. The second-order valence-corrected chi connectivity index (χ2v) is 16.2. The number of aliphatic hydroxyl groups is 3. The summed E-state index contributed by atoms with van der Waals surface area (Å²) in [7, 11) is -4.61. The maximum atomic E-state index is 12.7. The van der Waals surface area contributed by atoms with Gasteiger partial charge in [-0.1, -0.05) is 145 Å². The number of aliphatic hydroxyl groups excluding tert-OH is 3. The largest absolute Gasteiger partial charge is 0.462 e. The van der Waals surface area contributed by atoms with E-state index in [-0.39, 0.29) is 19.4 Å². The van der Waals surface area contributed by atoms with E-state index in [4.69, 9.17) is 18.9 Å². The second kappa shape index (κ2) is 34.2. The number of hydrogen-bond donors (Lipinski definition) is 4. The Labute approximate surface area is 343 Å². The number of esters is 2. The van der Waals surface area contributed by atoms with Crippen LogP contribution in [0.25, 0.3) is 0 Å². The Kier molecular flexibility index (Phi) is 31.5. The van der Waals surface area contributed by atoms with Crippen molar-refractivity contribution in [2.75, 3.05) is 19.0 Å². The van der Waals surface area contributed by atoms with Crippen molar-refractivity contribution in [3.63, 3.8) is 0 Å². The van der Waals surface area contributed by atoms with E-state index in [0.29, 0.717) is 12.8 Å². The molecule has 328 valence electrons. The Hall–Kier alpha value is -2.65. The highest BCUT2D eigenvalue weighted by atomic mass is 32.2. The molecular formula is C44H74O12S. The lowest BCUT2D eigenvalue weighted by molar-refractivity contribution is -0.297. The van der Waals surface area contributed by atoms with Crippen LogP contribution in [0.3, 0.4) is 0 Å². The summed E-state index contributed by atoms with van der Waals surface area (Å²) < 4.78 is 53.8. The lowest BCUT2D eigenvalue weighted by atomic mass is 10.00. The molecule has 0 radical (unpaired) electrons. The second-order valence-electron chi connectivity index (χ2n) is 14.7. The quantitative estimate of drug-likeness (QED) is 0.0211. The third kappa shape index (κ3) is 29.2. The maximum absolute atomic E-state index is 12.7. The number of allylic oxidation sites excluding steroid dienone is 10. The van der Waals surface area contributed by atoms with Gasteiger partial charge in [0, 0.05) is 12.8 Å². The number of ether oxygens (including phenoxy) is 4. The molecule has 0 bridgehead atoms. The van der Waals surface area contributed by atoms with E-state index in [1.807, 2.05) is 12.2 Å². The fourth-order valence-electron chi connectivity index (χ4n) is 6.01. The zero-order valence-electron chi connectivity index (χ0n) is 34.7. The fraction of sp³-hybridized carbons (Fsp3) is 0.727. The van der Waals surface area contributed by atoms with Crippen LogP contribution in [0.5, 0.6) is 0 Å². The first-order valence-corrected chi connectivity index (χ1v) is 23.0. The first-order chi connectivity index (χ1) is 27.5. The predicted octanol–water partition coefficient (Wildman–Crippen LogP) is 8.17. The standard InChI is InChI=1S/C44H74O12S/c1-3-5-7-9-11-13-15-16-17-18-19-20-21-22-23-25-26-28-30-32-39(45)53-34-37(55-40(46)33-31-29-27-24-14-12-10-8-6-4-2)35-54-44-43(49)42(48)41(47)38(56-44)36-57(50,51)52/h11,13,16-17,19-20,22-23,26,28,37-38,41-44,47-49H,3-10,12,14-15,18,21,24-25,27,29-36H2,1-2H3,(H,50,51,52)/b13-11+,17-16+,20-19+,23-22+,28-26+/t37-,38-,41-,42?,43?,44+/m1/s1. The van der Waals surface area contributed by atoms with E-state index >= 15 is 0 Å². The number of unbranched alkanes of at least 4 members (excludes halogenated alkanes) is 12. The molecule has 0 aromatic rings. The van der Waals surface area contributed by atoms with Gasteiger partial charge in [-0.3, -0.25) is 14.1 Å². The molecule has 0 saturated carbocycles. The van der Waals surface area contributed by atoms with Crippen LogP contribution in [0.4, 0.5) is 0 Å². The summed E-state index contributed by atoms with van der Waals surface area (Å²) in [6.07, 6.45) is 31.5. The smallest absolute Gasteiger partial charge is 0.306 e. The monoisotopic (exact) mass is 826 g/mol. The van der Waals surface area contributed by atoms with Gasteiger partial charge in [0.25, 0.3) is 10.1 Å². The minimum atomic E-state index is -4.61. The van der Waals surface area contributed by atoms with Crippen molar-refractivity contribution in [3.8, 4) is 0 Å². The molecule has 1 aliphatic rings. The Bertz CT molecular complexity index is 1290. The van der Waals surface area contributed by atoms with Crippen molar-refractivity contribution in [2.45, 2.75) is 185 Å². The Morgan fingerprint density at radius 1 is 0.596 bits per heavy atom. The molecule has 0 aromatic carbocycles. The number of hydrogen-bond acceptors (Lipinski definition) is 11. The molecule has 6 atom stereocenters. The molecule has 57 heavy (non-hydrogen) atoms. The van der Waals surface area contributed by atoms with Crippen LogP contribution < -0.4 is 0 Å². The van der Waals surface area contributed by atoms with Gasteiger partial charge in [-0.15, -0.1) is 0 Å². The van der Waals surface area contributed by atoms with Gasteiger partial charge >= 0.3 is 11.9 Å². The topological polar surface area (TPSA) is 186 Å². The number of carbonyl (C=O) groups is 2. The molecule has 1 rings (SSSR count). The summed E-state index contributed by atoms with van der Waals surface area (Å²) >= 11 is 0. The van der Waals surface area contributed by atoms with Crippen molar-refractivity contribution < 1.29 is 56.8 Å². The Morgan fingerprint density at radius 2 is 1.09 bits per heavy atom. The summed E-state index contributed by atoms with van der Waals surface area (Å²) in [6, 6.07) is 0. The van der Waals surface area contributed by atoms with Crippen molar-refractivity contribution >= 4 is 22.1 Å². The Morgan fingerprint density at radius 3 is 1.63 bits per heavy atom. The van der Waals surface area contributed by atoms with E-state index in [2.05, 4.69) is 62.5 Å². The molecule has 13 heteroatoms. The first-order valence-electron chi connectivity index (χ1n) is 21.3. The molecule has 0 aliphatic carbocycles. The third-order valence-electron chi connectivity index (χ3n) is 9.36. The lowest BCUT2D eigenvalue weighted by Gasteiger charge is -2.40. The van der Waals surface area contributed by atoms with Gasteiger partial charge in [0.2, 0.25) is 0 Å². The molecule has 0 amide bonds. The molecule has 0 aromatic heterocycles. The van der Waals surface area contributed by atoms with Crippen LogP contribution in [-0.4, -0.2) is 96.0 Å². The van der Waals surface area contributed by atoms with Gasteiger partial charge in [-0.25, -0.2) is 0 Å². The molecule has 1 heterocycles. The molecular weight excluding hydrogens is 753 g/mol. The van der Waals surface area contributed by atoms with Crippen LogP contribution in [0.2, 0.25) is 0 Å². The van der Waals surface area contributed by atoms with Gasteiger partial charge in [0.1, 0.15) is 36.8 Å². The van der Waals surface area contributed by atoms with Crippen LogP contribution in [0.15, 0.2) is 60.8 Å². The van der Waals surface area contributed by atoms with Crippen molar-refractivity contribution in [1.82, 2.24) is 0 Å². The van der Waals surface area contributed by atoms with Crippen molar-refractivity contribution in [2.24, 2.45) is 0 Å². The zero-order chi connectivity index (χ0) is 42.0. The highest BCUT2D eigenvalue weighted by Crippen LogP contribution is 2.24. The highest BCUT2D eigenvalue weighted by molar-refractivity contribution is 7.85.